The fraction of sp³-hybridized carbons (Fsp3) is 0.975. The monoisotopic (exact) mass is 593 g/mol. The maximum absolute atomic E-state index is 12.5. The van der Waals surface area contributed by atoms with Crippen molar-refractivity contribution >= 4 is 5.97 Å². The van der Waals surface area contributed by atoms with Crippen LogP contribution in [0.15, 0.2) is 0 Å². The second-order valence-electron chi connectivity index (χ2n) is 13.8. The van der Waals surface area contributed by atoms with Gasteiger partial charge in [0.15, 0.2) is 0 Å². The molecule has 0 spiro atoms. The molecule has 2 heteroatoms. The van der Waals surface area contributed by atoms with Gasteiger partial charge in [-0.05, 0) is 25.2 Å². The molecule has 0 saturated carbocycles. The predicted molar refractivity (Wildman–Crippen MR) is 188 cm³/mol. The summed E-state index contributed by atoms with van der Waals surface area (Å²) in [7, 11) is 0. The highest BCUT2D eigenvalue weighted by molar-refractivity contribution is 5.69. The zero-order valence-corrected chi connectivity index (χ0v) is 29.6. The van der Waals surface area contributed by atoms with Gasteiger partial charge in [0, 0.05) is 6.42 Å². The standard InChI is InChI=1S/C40H80O2/c1-4-7-10-13-16-18-19-20-21-22-23-25-28-31-34-37-40(41)42-38-39(35-32-29-26-15-12-9-6-3)36-33-30-27-24-17-14-11-8-5-2/h39H,4-38H2,1-3H3. The predicted octanol–water partition coefficient (Wildman–Crippen LogP) is 14.5. The van der Waals surface area contributed by atoms with Gasteiger partial charge in [0.05, 0.1) is 6.61 Å². The van der Waals surface area contributed by atoms with E-state index < -0.39 is 0 Å². The van der Waals surface area contributed by atoms with Crippen LogP contribution in [0.4, 0.5) is 0 Å². The summed E-state index contributed by atoms with van der Waals surface area (Å²) in [5.74, 6) is 0.636. The number of esters is 1. The molecular weight excluding hydrogens is 512 g/mol. The van der Waals surface area contributed by atoms with Crippen molar-refractivity contribution < 1.29 is 9.53 Å². The van der Waals surface area contributed by atoms with Crippen LogP contribution in [0, 0.1) is 5.92 Å². The van der Waals surface area contributed by atoms with Crippen LogP contribution in [0.5, 0.6) is 0 Å². The Balaban J connectivity index is 3.86. The summed E-state index contributed by atoms with van der Waals surface area (Å²) in [4.78, 5) is 12.5. The molecule has 0 aliphatic heterocycles. The van der Waals surface area contributed by atoms with Gasteiger partial charge in [-0.1, -0.05) is 213 Å². The van der Waals surface area contributed by atoms with Crippen LogP contribution in [0.3, 0.4) is 0 Å². The molecular formula is C40H80O2. The second kappa shape index (κ2) is 36.7. The maximum atomic E-state index is 12.5. The zero-order valence-electron chi connectivity index (χ0n) is 29.6. The smallest absolute Gasteiger partial charge is 0.305 e. The highest BCUT2D eigenvalue weighted by atomic mass is 16.5. The normalized spacial score (nSPS) is 12.2. The van der Waals surface area contributed by atoms with E-state index in [2.05, 4.69) is 20.8 Å². The molecule has 252 valence electrons. The fourth-order valence-electron chi connectivity index (χ4n) is 6.37. The molecule has 1 unspecified atom stereocenters. The summed E-state index contributed by atoms with van der Waals surface area (Å²) in [5, 5.41) is 0. The molecule has 0 aromatic rings. The Morgan fingerprint density at radius 2 is 0.643 bits per heavy atom. The van der Waals surface area contributed by atoms with E-state index in [1.54, 1.807) is 0 Å². The Labute approximate surface area is 266 Å². The SMILES string of the molecule is CCCCCCCCCCCCCCCCCC(=O)OCC(CCCCCCCCC)CCCCCCCCCCC. The molecule has 0 heterocycles. The average molecular weight is 593 g/mol. The van der Waals surface area contributed by atoms with Crippen LogP contribution in [-0.4, -0.2) is 12.6 Å². The molecule has 0 N–H and O–H groups in total. The van der Waals surface area contributed by atoms with Crippen LogP contribution >= 0.6 is 0 Å². The first-order chi connectivity index (χ1) is 20.7. The van der Waals surface area contributed by atoms with Crippen molar-refractivity contribution in [3.8, 4) is 0 Å². The van der Waals surface area contributed by atoms with Gasteiger partial charge in [-0.25, -0.2) is 0 Å². The first-order valence-corrected chi connectivity index (χ1v) is 19.9. The maximum Gasteiger partial charge on any atom is 0.305 e. The lowest BCUT2D eigenvalue weighted by Gasteiger charge is -2.17. The number of hydrogen-bond acceptors (Lipinski definition) is 2. The largest absolute Gasteiger partial charge is 0.465 e. The Kier molecular flexibility index (Phi) is 36.2. The lowest BCUT2D eigenvalue weighted by molar-refractivity contribution is -0.145. The van der Waals surface area contributed by atoms with E-state index in [1.807, 2.05) is 0 Å². The Morgan fingerprint density at radius 1 is 0.381 bits per heavy atom. The van der Waals surface area contributed by atoms with Crippen LogP contribution < -0.4 is 0 Å². The third-order valence-electron chi connectivity index (χ3n) is 9.40. The van der Waals surface area contributed by atoms with E-state index in [9.17, 15) is 4.79 Å². The number of hydrogen-bond donors (Lipinski definition) is 0. The first kappa shape index (κ1) is 41.5. The molecule has 1 atom stereocenters. The summed E-state index contributed by atoms with van der Waals surface area (Å²) in [6, 6.07) is 0. The summed E-state index contributed by atoms with van der Waals surface area (Å²) in [6.45, 7) is 7.55. The highest BCUT2D eigenvalue weighted by Gasteiger charge is 2.12. The number of rotatable bonds is 36. The van der Waals surface area contributed by atoms with Crippen molar-refractivity contribution in [2.45, 2.75) is 239 Å². The molecule has 0 fully saturated rings. The summed E-state index contributed by atoms with van der Waals surface area (Å²) < 4.78 is 5.83. The van der Waals surface area contributed by atoms with Gasteiger partial charge < -0.3 is 4.74 Å². The molecule has 0 saturated heterocycles. The van der Waals surface area contributed by atoms with Gasteiger partial charge in [-0.15, -0.1) is 0 Å². The third-order valence-corrected chi connectivity index (χ3v) is 9.40. The average Bonchev–Trinajstić information content (AvgIpc) is 3.00. The van der Waals surface area contributed by atoms with Crippen LogP contribution in [0.25, 0.3) is 0 Å². The molecule has 0 radical (unpaired) electrons. The van der Waals surface area contributed by atoms with E-state index in [0.717, 1.165) is 6.42 Å². The van der Waals surface area contributed by atoms with Gasteiger partial charge >= 0.3 is 5.97 Å². The van der Waals surface area contributed by atoms with Crippen molar-refractivity contribution in [2.24, 2.45) is 5.92 Å². The molecule has 0 amide bonds. The molecule has 42 heavy (non-hydrogen) atoms. The molecule has 2 nitrogen and oxygen atoms in total. The first-order valence-electron chi connectivity index (χ1n) is 19.9. The summed E-state index contributed by atoms with van der Waals surface area (Å²) in [5.41, 5.74) is 0. The molecule has 0 aliphatic carbocycles. The third kappa shape index (κ3) is 34.0. The Hall–Kier alpha value is -0.530. The molecule has 0 aromatic heterocycles. The van der Waals surface area contributed by atoms with Crippen LogP contribution in [0.1, 0.15) is 239 Å². The minimum atomic E-state index is 0.0568. The van der Waals surface area contributed by atoms with Crippen molar-refractivity contribution in [1.29, 1.82) is 0 Å². The topological polar surface area (TPSA) is 26.3 Å². The minimum absolute atomic E-state index is 0.0568. The lowest BCUT2D eigenvalue weighted by Crippen LogP contribution is -2.14. The van der Waals surface area contributed by atoms with Gasteiger partial charge in [0.1, 0.15) is 0 Å². The van der Waals surface area contributed by atoms with E-state index in [1.165, 1.54) is 205 Å². The van der Waals surface area contributed by atoms with E-state index in [-0.39, 0.29) is 5.97 Å². The quantitative estimate of drug-likeness (QED) is 0.0534. The second-order valence-corrected chi connectivity index (χ2v) is 13.8. The van der Waals surface area contributed by atoms with Gasteiger partial charge in [0.25, 0.3) is 0 Å². The Morgan fingerprint density at radius 3 is 0.952 bits per heavy atom. The van der Waals surface area contributed by atoms with Gasteiger partial charge in [-0.2, -0.15) is 0 Å². The summed E-state index contributed by atoms with van der Waals surface area (Å²) in [6.07, 6.45) is 45.5. The fourth-order valence-corrected chi connectivity index (χ4v) is 6.37. The van der Waals surface area contributed by atoms with E-state index in [0.29, 0.717) is 18.9 Å². The number of unbranched alkanes of at least 4 members (excludes halogenated alkanes) is 28. The zero-order chi connectivity index (χ0) is 30.6. The van der Waals surface area contributed by atoms with Gasteiger partial charge in [0.2, 0.25) is 0 Å². The van der Waals surface area contributed by atoms with Crippen LogP contribution in [0.2, 0.25) is 0 Å². The van der Waals surface area contributed by atoms with E-state index >= 15 is 0 Å². The van der Waals surface area contributed by atoms with E-state index in [4.69, 9.17) is 4.74 Å². The van der Waals surface area contributed by atoms with Crippen molar-refractivity contribution in [3.63, 3.8) is 0 Å². The van der Waals surface area contributed by atoms with Crippen molar-refractivity contribution in [3.05, 3.63) is 0 Å². The molecule has 0 aliphatic rings. The summed E-state index contributed by atoms with van der Waals surface area (Å²) >= 11 is 0. The minimum Gasteiger partial charge on any atom is -0.465 e. The lowest BCUT2D eigenvalue weighted by atomic mass is 9.94. The van der Waals surface area contributed by atoms with Gasteiger partial charge in [-0.3, -0.25) is 4.79 Å². The number of carbonyl (C=O) groups is 1. The highest BCUT2D eigenvalue weighted by Crippen LogP contribution is 2.21. The molecule has 0 bridgehead atoms. The number of carbonyl (C=O) groups excluding carboxylic acids is 1. The molecule has 0 aromatic carbocycles. The van der Waals surface area contributed by atoms with Crippen molar-refractivity contribution in [1.82, 2.24) is 0 Å². The number of ether oxygens (including phenoxy) is 1. The van der Waals surface area contributed by atoms with Crippen molar-refractivity contribution in [2.75, 3.05) is 6.61 Å². The molecule has 0 rings (SSSR count). The van der Waals surface area contributed by atoms with Crippen LogP contribution in [-0.2, 0) is 9.53 Å². The Bertz CT molecular complexity index is 502.